The van der Waals surface area contributed by atoms with Gasteiger partial charge in [0.15, 0.2) is 11.5 Å². The molecule has 34 heavy (non-hydrogen) atoms. The quantitative estimate of drug-likeness (QED) is 0.410. The molecular formula is C25H23NO6S2. The van der Waals surface area contributed by atoms with Crippen LogP contribution in [0.5, 0.6) is 17.2 Å². The Bertz CT molecular complexity index is 1400. The van der Waals surface area contributed by atoms with E-state index in [4.69, 9.17) is 14.2 Å². The molecular weight excluding hydrogens is 474 g/mol. The summed E-state index contributed by atoms with van der Waals surface area (Å²) in [6, 6.07) is 8.96. The average molecular weight is 498 g/mol. The van der Waals surface area contributed by atoms with Crippen molar-refractivity contribution < 1.29 is 28.9 Å². The van der Waals surface area contributed by atoms with E-state index in [-0.39, 0.29) is 18.1 Å². The lowest BCUT2D eigenvalue weighted by Gasteiger charge is -2.24. The third-order valence-corrected chi connectivity index (χ3v) is 7.10. The van der Waals surface area contributed by atoms with E-state index in [0.717, 1.165) is 4.88 Å². The number of methoxy groups -OCH3 is 1. The number of hydrogen-bond acceptors (Lipinski definition) is 9. The number of aromatic hydroxyl groups is 1. The molecule has 1 aromatic carbocycles. The lowest BCUT2D eigenvalue weighted by molar-refractivity contribution is -0.139. The number of nitrogens with zero attached hydrogens (tertiary/aromatic N) is 1. The van der Waals surface area contributed by atoms with Gasteiger partial charge in [0.1, 0.15) is 10.4 Å². The SMILES string of the molecule is CCOC(=O)C1=C(C)N=c2sc(=Cc3cccs3)c(O)c2C1c1ccc(OC(C)=O)c(OC)c1. The number of thiophene rings is 2. The Hall–Kier alpha value is -3.43. The van der Waals surface area contributed by atoms with Crippen molar-refractivity contribution in [2.24, 2.45) is 4.99 Å². The third-order valence-electron chi connectivity index (χ3n) is 5.25. The van der Waals surface area contributed by atoms with Gasteiger partial charge in [-0.2, -0.15) is 0 Å². The molecule has 0 bridgehead atoms. The summed E-state index contributed by atoms with van der Waals surface area (Å²) in [7, 11) is 1.47. The van der Waals surface area contributed by atoms with Gasteiger partial charge in [0, 0.05) is 23.3 Å². The van der Waals surface area contributed by atoms with E-state index < -0.39 is 17.9 Å². The van der Waals surface area contributed by atoms with E-state index in [0.29, 0.717) is 37.3 Å². The van der Waals surface area contributed by atoms with Gasteiger partial charge in [0.05, 0.1) is 29.5 Å². The van der Waals surface area contributed by atoms with Crippen molar-refractivity contribution in [2.45, 2.75) is 26.7 Å². The lowest BCUT2D eigenvalue weighted by atomic mass is 9.83. The van der Waals surface area contributed by atoms with Crippen LogP contribution in [0.2, 0.25) is 0 Å². The first kappa shape index (κ1) is 23.7. The molecule has 2 aromatic heterocycles. The van der Waals surface area contributed by atoms with Gasteiger partial charge in [-0.15, -0.1) is 22.7 Å². The monoisotopic (exact) mass is 497 g/mol. The number of fused-ring (bicyclic) bond motifs is 1. The lowest BCUT2D eigenvalue weighted by Crippen LogP contribution is -2.24. The van der Waals surface area contributed by atoms with Crippen LogP contribution in [-0.4, -0.2) is 30.8 Å². The third kappa shape index (κ3) is 4.49. The van der Waals surface area contributed by atoms with Gasteiger partial charge in [0.2, 0.25) is 0 Å². The number of esters is 2. The fourth-order valence-electron chi connectivity index (χ4n) is 3.86. The second-order valence-electron chi connectivity index (χ2n) is 7.46. The summed E-state index contributed by atoms with van der Waals surface area (Å²) in [6.07, 6.45) is 1.90. The fraction of sp³-hybridized carbons (Fsp3) is 0.240. The van der Waals surface area contributed by atoms with E-state index in [9.17, 15) is 14.7 Å². The first-order valence-corrected chi connectivity index (χ1v) is 12.2. The van der Waals surface area contributed by atoms with Crippen LogP contribution in [0, 0.1) is 0 Å². The highest BCUT2D eigenvalue weighted by Gasteiger charge is 2.35. The van der Waals surface area contributed by atoms with Gasteiger partial charge in [-0.05, 0) is 49.1 Å². The van der Waals surface area contributed by atoms with Crippen LogP contribution < -0.4 is 18.7 Å². The predicted molar refractivity (Wildman–Crippen MR) is 130 cm³/mol. The molecule has 1 unspecified atom stereocenters. The summed E-state index contributed by atoms with van der Waals surface area (Å²) in [5, 5.41) is 13.2. The number of hydrogen-bond donors (Lipinski definition) is 1. The largest absolute Gasteiger partial charge is 0.506 e. The van der Waals surface area contributed by atoms with E-state index >= 15 is 0 Å². The molecule has 0 fully saturated rings. The Kier molecular flexibility index (Phi) is 6.85. The molecule has 1 aliphatic rings. The van der Waals surface area contributed by atoms with Gasteiger partial charge in [-0.1, -0.05) is 12.1 Å². The van der Waals surface area contributed by atoms with Crippen LogP contribution in [0.15, 0.2) is 52.0 Å². The molecule has 4 rings (SSSR count). The summed E-state index contributed by atoms with van der Waals surface area (Å²) in [5.74, 6) is -0.960. The van der Waals surface area contributed by atoms with Crippen molar-refractivity contribution in [1.29, 1.82) is 0 Å². The Morgan fingerprint density at radius 2 is 2.03 bits per heavy atom. The minimum atomic E-state index is -0.645. The molecule has 3 heterocycles. The maximum absolute atomic E-state index is 13.0. The molecule has 0 saturated carbocycles. The summed E-state index contributed by atoms with van der Waals surface area (Å²) in [4.78, 5) is 30.1. The maximum Gasteiger partial charge on any atom is 0.336 e. The zero-order valence-corrected chi connectivity index (χ0v) is 20.7. The summed E-state index contributed by atoms with van der Waals surface area (Å²) in [5.41, 5.74) is 2.06. The molecule has 9 heteroatoms. The second kappa shape index (κ2) is 9.82. The highest BCUT2D eigenvalue weighted by molar-refractivity contribution is 7.11. The van der Waals surface area contributed by atoms with Crippen molar-refractivity contribution in [2.75, 3.05) is 13.7 Å². The summed E-state index contributed by atoms with van der Waals surface area (Å²) in [6.45, 7) is 5.01. The number of ether oxygens (including phenoxy) is 3. The molecule has 0 aliphatic carbocycles. The highest BCUT2D eigenvalue weighted by Crippen LogP contribution is 2.42. The molecule has 0 spiro atoms. The van der Waals surface area contributed by atoms with E-state index in [2.05, 4.69) is 4.99 Å². The van der Waals surface area contributed by atoms with E-state index in [1.165, 1.54) is 25.4 Å². The highest BCUT2D eigenvalue weighted by atomic mass is 32.1. The number of carbonyl (C=O) groups excluding carboxylic acids is 2. The zero-order chi connectivity index (χ0) is 24.4. The molecule has 0 saturated heterocycles. The van der Waals surface area contributed by atoms with Crippen molar-refractivity contribution in [1.82, 2.24) is 0 Å². The number of allylic oxidation sites excluding steroid dienone is 1. The fourth-order valence-corrected chi connectivity index (χ4v) is 5.70. The minimum absolute atomic E-state index is 0.0690. The average Bonchev–Trinajstić information content (AvgIpc) is 3.41. The predicted octanol–water partition coefficient (Wildman–Crippen LogP) is 3.88. The number of rotatable bonds is 6. The van der Waals surface area contributed by atoms with Gasteiger partial charge in [0.25, 0.3) is 0 Å². The van der Waals surface area contributed by atoms with Gasteiger partial charge >= 0.3 is 11.9 Å². The van der Waals surface area contributed by atoms with Crippen LogP contribution in [0.1, 0.15) is 42.7 Å². The van der Waals surface area contributed by atoms with Crippen molar-refractivity contribution in [3.8, 4) is 17.2 Å². The number of benzene rings is 1. The van der Waals surface area contributed by atoms with E-state index in [1.807, 2.05) is 23.6 Å². The first-order valence-electron chi connectivity index (χ1n) is 10.5. The Morgan fingerprint density at radius 3 is 2.68 bits per heavy atom. The normalized spacial score (nSPS) is 15.5. The van der Waals surface area contributed by atoms with Crippen LogP contribution in [0.25, 0.3) is 6.08 Å². The molecule has 0 radical (unpaired) electrons. The molecule has 0 amide bonds. The molecule has 1 atom stereocenters. The first-order chi connectivity index (χ1) is 16.3. The Balaban J connectivity index is 1.94. The van der Waals surface area contributed by atoms with Gasteiger partial charge < -0.3 is 19.3 Å². The number of carbonyl (C=O) groups is 2. The molecule has 7 nitrogen and oxygen atoms in total. The van der Waals surface area contributed by atoms with Gasteiger partial charge in [-0.25, -0.2) is 9.79 Å². The van der Waals surface area contributed by atoms with E-state index in [1.54, 1.807) is 43.4 Å². The second-order valence-corrected chi connectivity index (χ2v) is 9.47. The van der Waals surface area contributed by atoms with Crippen molar-refractivity contribution in [3.63, 3.8) is 0 Å². The minimum Gasteiger partial charge on any atom is -0.506 e. The molecule has 3 aromatic rings. The van der Waals surface area contributed by atoms with Crippen LogP contribution >= 0.6 is 22.7 Å². The van der Waals surface area contributed by atoms with Crippen molar-refractivity contribution >= 4 is 40.7 Å². The Labute approximate surface area is 204 Å². The maximum atomic E-state index is 13.0. The molecule has 176 valence electrons. The summed E-state index contributed by atoms with van der Waals surface area (Å²) >= 11 is 2.92. The molecule has 1 N–H and O–H groups in total. The van der Waals surface area contributed by atoms with Crippen LogP contribution in [0.4, 0.5) is 0 Å². The van der Waals surface area contributed by atoms with Crippen LogP contribution in [0.3, 0.4) is 0 Å². The standard InChI is InChI=1S/C25H23NO6S2/c1-5-31-25(29)20-13(2)26-24-22(23(28)19(34-24)12-16-7-6-10-33-16)21(20)15-8-9-17(32-14(3)27)18(11-15)30-4/h6-12,21,28H,5H2,1-4H3. The van der Waals surface area contributed by atoms with Crippen molar-refractivity contribution in [3.05, 3.63) is 72.2 Å². The topological polar surface area (TPSA) is 94.4 Å². The smallest absolute Gasteiger partial charge is 0.336 e. The van der Waals surface area contributed by atoms with Crippen LogP contribution in [-0.2, 0) is 14.3 Å². The summed E-state index contributed by atoms with van der Waals surface area (Å²) < 4.78 is 17.3. The van der Waals surface area contributed by atoms with Gasteiger partial charge in [-0.3, -0.25) is 4.79 Å². The zero-order valence-electron chi connectivity index (χ0n) is 19.1. The Morgan fingerprint density at radius 1 is 1.24 bits per heavy atom. The molecule has 1 aliphatic heterocycles.